The van der Waals surface area contributed by atoms with Crippen molar-refractivity contribution in [1.29, 1.82) is 0 Å². The molecule has 0 N–H and O–H groups in total. The quantitative estimate of drug-likeness (QED) is 0.531. The zero-order valence-corrected chi connectivity index (χ0v) is 15.0. The third kappa shape index (κ3) is 2.81. The van der Waals surface area contributed by atoms with E-state index in [0.717, 1.165) is 36.7 Å². The van der Waals surface area contributed by atoms with E-state index in [9.17, 15) is 0 Å². The van der Waals surface area contributed by atoms with E-state index >= 15 is 0 Å². The maximum Gasteiger partial charge on any atom is 0.0743 e. The van der Waals surface area contributed by atoms with Gasteiger partial charge in [-0.25, -0.2) is 0 Å². The summed E-state index contributed by atoms with van der Waals surface area (Å²) in [5, 5.41) is 2.19. The molecular formula is C21H20BrN. The van der Waals surface area contributed by atoms with E-state index in [1.807, 2.05) is 0 Å². The van der Waals surface area contributed by atoms with Gasteiger partial charge in [-0.2, -0.15) is 0 Å². The lowest BCUT2D eigenvalue weighted by molar-refractivity contribution is 0.929. The minimum absolute atomic E-state index is 0.814. The van der Waals surface area contributed by atoms with E-state index in [1.54, 1.807) is 0 Å². The Kier molecular flexibility index (Phi) is 3.94. The molecule has 3 aromatic rings. The van der Waals surface area contributed by atoms with Crippen molar-refractivity contribution in [3.05, 3.63) is 76.0 Å². The van der Waals surface area contributed by atoms with Crippen LogP contribution in [0.25, 0.3) is 10.9 Å². The Morgan fingerprint density at radius 3 is 2.13 bits per heavy atom. The lowest BCUT2D eigenvalue weighted by Gasteiger charge is -2.16. The van der Waals surface area contributed by atoms with Gasteiger partial charge in [-0.05, 0) is 66.5 Å². The van der Waals surface area contributed by atoms with Crippen LogP contribution in [0.1, 0.15) is 33.5 Å². The molecule has 0 amide bonds. The van der Waals surface area contributed by atoms with Crippen LogP contribution >= 0.6 is 15.9 Å². The molecule has 2 heteroatoms. The Hall–Kier alpha value is -1.67. The standard InChI is InChI=1S/C21H20BrN/c1-14-12-19(13-22)23-21-18-9-7-16-4-2-15(3-5-16)6-8-17(10-11-18)20(14)21/h2-5,10-12H,6-9,13H2,1H3. The molecule has 7 rings (SSSR count). The molecule has 116 valence electrons. The topological polar surface area (TPSA) is 12.9 Å². The van der Waals surface area contributed by atoms with Gasteiger partial charge in [0.1, 0.15) is 0 Å². The zero-order valence-electron chi connectivity index (χ0n) is 13.4. The monoisotopic (exact) mass is 365 g/mol. The fraction of sp³-hybridized carbons (Fsp3) is 0.286. The third-order valence-corrected chi connectivity index (χ3v) is 5.48. The van der Waals surface area contributed by atoms with Gasteiger partial charge < -0.3 is 0 Å². The number of rotatable bonds is 1. The minimum atomic E-state index is 0.814. The fourth-order valence-corrected chi connectivity index (χ4v) is 3.94. The fourth-order valence-electron chi connectivity index (χ4n) is 3.65. The number of aromatic nitrogens is 1. The van der Waals surface area contributed by atoms with Crippen molar-refractivity contribution in [3.8, 4) is 0 Å². The van der Waals surface area contributed by atoms with Crippen molar-refractivity contribution >= 4 is 26.8 Å². The molecule has 0 atom stereocenters. The van der Waals surface area contributed by atoms with Gasteiger partial charge in [0.25, 0.3) is 0 Å². The molecule has 1 heterocycles. The number of nitrogens with zero attached hydrogens (tertiary/aromatic N) is 1. The lowest BCUT2D eigenvalue weighted by atomic mass is 9.91. The molecule has 0 fully saturated rings. The number of hydrogen-bond donors (Lipinski definition) is 0. The van der Waals surface area contributed by atoms with Crippen molar-refractivity contribution in [2.75, 3.05) is 0 Å². The van der Waals surface area contributed by atoms with E-state index in [0.29, 0.717) is 0 Å². The maximum absolute atomic E-state index is 4.96. The molecule has 4 bridgehead atoms. The van der Waals surface area contributed by atoms with E-state index < -0.39 is 0 Å². The van der Waals surface area contributed by atoms with Crippen LogP contribution in [0.3, 0.4) is 0 Å². The summed E-state index contributed by atoms with van der Waals surface area (Å²) in [7, 11) is 0. The minimum Gasteiger partial charge on any atom is -0.252 e. The summed E-state index contributed by atoms with van der Waals surface area (Å²) in [5.74, 6) is 0. The van der Waals surface area contributed by atoms with Crippen molar-refractivity contribution in [1.82, 2.24) is 4.98 Å². The van der Waals surface area contributed by atoms with Gasteiger partial charge in [0.05, 0.1) is 11.2 Å². The zero-order chi connectivity index (χ0) is 15.8. The van der Waals surface area contributed by atoms with Gasteiger partial charge in [0.2, 0.25) is 0 Å². The number of alkyl halides is 1. The first kappa shape index (κ1) is 14.9. The summed E-state index contributed by atoms with van der Waals surface area (Å²) in [6.45, 7) is 2.23. The highest BCUT2D eigenvalue weighted by Gasteiger charge is 2.13. The van der Waals surface area contributed by atoms with Crippen molar-refractivity contribution in [2.24, 2.45) is 0 Å². The Bertz CT molecular complexity index is 865. The molecule has 0 saturated carbocycles. The van der Waals surface area contributed by atoms with E-state index in [4.69, 9.17) is 4.98 Å². The molecule has 0 radical (unpaired) electrons. The Morgan fingerprint density at radius 2 is 1.48 bits per heavy atom. The molecule has 1 nitrogen and oxygen atoms in total. The van der Waals surface area contributed by atoms with E-state index in [2.05, 4.69) is 65.3 Å². The maximum atomic E-state index is 4.96. The molecule has 1 aromatic heterocycles. The summed E-state index contributed by atoms with van der Waals surface area (Å²) in [6.07, 6.45) is 4.29. The molecule has 4 aliphatic carbocycles. The second kappa shape index (κ2) is 6.09. The largest absolute Gasteiger partial charge is 0.252 e. The van der Waals surface area contributed by atoms with Crippen molar-refractivity contribution in [2.45, 2.75) is 37.9 Å². The number of pyridine rings is 1. The summed E-state index contributed by atoms with van der Waals surface area (Å²) in [6, 6.07) is 16.0. The molecule has 0 aliphatic heterocycles. The van der Waals surface area contributed by atoms with Crippen LogP contribution in [-0.2, 0) is 31.0 Å². The molecule has 23 heavy (non-hydrogen) atoms. The normalized spacial score (nSPS) is 14.0. The Balaban J connectivity index is 1.93. The molecule has 0 unspecified atom stereocenters. The Labute approximate surface area is 145 Å². The lowest BCUT2D eigenvalue weighted by Crippen LogP contribution is -2.03. The van der Waals surface area contributed by atoms with Crippen molar-refractivity contribution in [3.63, 3.8) is 0 Å². The smallest absolute Gasteiger partial charge is 0.0743 e. The highest BCUT2D eigenvalue weighted by atomic mass is 79.9. The molecular weight excluding hydrogens is 346 g/mol. The summed E-state index contributed by atoms with van der Waals surface area (Å²) >= 11 is 3.56. The van der Waals surface area contributed by atoms with Gasteiger partial charge in [0, 0.05) is 10.7 Å². The summed E-state index contributed by atoms with van der Waals surface area (Å²) < 4.78 is 0. The van der Waals surface area contributed by atoms with E-state index in [1.165, 1.54) is 38.7 Å². The predicted molar refractivity (Wildman–Crippen MR) is 100 cm³/mol. The highest BCUT2D eigenvalue weighted by molar-refractivity contribution is 9.08. The third-order valence-electron chi connectivity index (χ3n) is 4.91. The number of benzene rings is 2. The van der Waals surface area contributed by atoms with Gasteiger partial charge in [0.15, 0.2) is 0 Å². The van der Waals surface area contributed by atoms with Gasteiger partial charge >= 0.3 is 0 Å². The van der Waals surface area contributed by atoms with Gasteiger partial charge in [-0.15, -0.1) is 0 Å². The van der Waals surface area contributed by atoms with Crippen LogP contribution in [0.2, 0.25) is 0 Å². The number of halogens is 1. The van der Waals surface area contributed by atoms with Crippen molar-refractivity contribution < 1.29 is 0 Å². The Morgan fingerprint density at radius 1 is 0.870 bits per heavy atom. The summed E-state index contributed by atoms with van der Waals surface area (Å²) in [4.78, 5) is 4.96. The van der Waals surface area contributed by atoms with Crippen LogP contribution in [-0.4, -0.2) is 4.98 Å². The second-order valence-electron chi connectivity index (χ2n) is 6.49. The first-order chi connectivity index (χ1) is 11.2. The van der Waals surface area contributed by atoms with E-state index in [-0.39, 0.29) is 0 Å². The predicted octanol–water partition coefficient (Wildman–Crippen LogP) is 5.32. The van der Waals surface area contributed by atoms with Crippen LogP contribution in [0.4, 0.5) is 0 Å². The van der Waals surface area contributed by atoms with Gasteiger partial charge in [-0.1, -0.05) is 52.3 Å². The average molecular weight is 366 g/mol. The molecule has 2 aromatic carbocycles. The number of hydrogen-bond acceptors (Lipinski definition) is 1. The summed E-state index contributed by atoms with van der Waals surface area (Å²) in [5.41, 5.74) is 9.34. The number of aryl methyl sites for hydroxylation is 5. The first-order valence-corrected chi connectivity index (χ1v) is 9.41. The van der Waals surface area contributed by atoms with Crippen LogP contribution in [0.5, 0.6) is 0 Å². The van der Waals surface area contributed by atoms with Gasteiger partial charge in [-0.3, -0.25) is 4.98 Å². The van der Waals surface area contributed by atoms with Crippen LogP contribution in [0.15, 0.2) is 42.5 Å². The van der Waals surface area contributed by atoms with Crippen LogP contribution < -0.4 is 0 Å². The first-order valence-electron chi connectivity index (χ1n) is 8.29. The molecule has 4 aliphatic rings. The highest BCUT2D eigenvalue weighted by Crippen LogP contribution is 2.29. The SMILES string of the molecule is Cc1cc(CBr)nc2c3ccc(c12)CCc1ccc(cc1)CC3. The molecule has 0 saturated heterocycles. The second-order valence-corrected chi connectivity index (χ2v) is 7.05. The van der Waals surface area contributed by atoms with Crippen LogP contribution in [0, 0.1) is 6.92 Å². The molecule has 0 spiro atoms. The average Bonchev–Trinajstić information content (AvgIpc) is 2.57.